The summed E-state index contributed by atoms with van der Waals surface area (Å²) >= 11 is 3.28. The largest absolute Gasteiger partial charge is 0.484 e. The zero-order valence-corrected chi connectivity index (χ0v) is 14.9. The van der Waals surface area contributed by atoms with Crippen LogP contribution in [-0.4, -0.2) is 30.0 Å². The fraction of sp³-hybridized carbons (Fsp3) is 0.125. The monoisotopic (exact) mass is 423 g/mol. The maximum Gasteiger partial charge on any atom is 0.276 e. The van der Waals surface area contributed by atoms with Crippen LogP contribution < -0.4 is 20.3 Å². The Morgan fingerprint density at radius 2 is 1.31 bits per heavy atom. The Labute approximate surface area is 156 Å². The van der Waals surface area contributed by atoms with Crippen molar-refractivity contribution < 1.29 is 24.0 Å². The van der Waals surface area contributed by atoms with Crippen LogP contribution in [0, 0.1) is 10.1 Å². The number of halogens is 1. The van der Waals surface area contributed by atoms with Gasteiger partial charge in [-0.05, 0) is 36.4 Å². The van der Waals surface area contributed by atoms with Gasteiger partial charge in [0.15, 0.2) is 13.2 Å². The third-order valence-electron chi connectivity index (χ3n) is 2.94. The molecule has 136 valence electrons. The lowest BCUT2D eigenvalue weighted by molar-refractivity contribution is -0.384. The van der Waals surface area contributed by atoms with E-state index in [0.717, 1.165) is 4.47 Å². The first kappa shape index (κ1) is 19.2. The van der Waals surface area contributed by atoms with E-state index in [2.05, 4.69) is 26.8 Å². The van der Waals surface area contributed by atoms with Gasteiger partial charge in [0.05, 0.1) is 4.92 Å². The summed E-state index contributed by atoms with van der Waals surface area (Å²) in [6.07, 6.45) is 0. The molecular formula is C16H14BrN3O6. The average Bonchev–Trinajstić information content (AvgIpc) is 2.64. The second kappa shape index (κ2) is 9.37. The van der Waals surface area contributed by atoms with Gasteiger partial charge in [0.1, 0.15) is 11.5 Å². The average molecular weight is 424 g/mol. The van der Waals surface area contributed by atoms with Crippen LogP contribution in [-0.2, 0) is 9.59 Å². The number of rotatable bonds is 7. The minimum Gasteiger partial charge on any atom is -0.484 e. The molecule has 2 N–H and O–H groups in total. The number of hydrogen-bond acceptors (Lipinski definition) is 6. The highest BCUT2D eigenvalue weighted by molar-refractivity contribution is 9.10. The Morgan fingerprint density at radius 3 is 1.73 bits per heavy atom. The van der Waals surface area contributed by atoms with Crippen LogP contribution in [0.25, 0.3) is 0 Å². The molecule has 2 aromatic carbocycles. The zero-order chi connectivity index (χ0) is 18.9. The molecule has 0 aliphatic rings. The van der Waals surface area contributed by atoms with Crippen molar-refractivity contribution in [3.05, 3.63) is 63.1 Å². The molecule has 26 heavy (non-hydrogen) atoms. The van der Waals surface area contributed by atoms with E-state index in [9.17, 15) is 19.7 Å². The van der Waals surface area contributed by atoms with E-state index in [1.54, 1.807) is 24.3 Å². The smallest absolute Gasteiger partial charge is 0.276 e. The van der Waals surface area contributed by atoms with Crippen molar-refractivity contribution in [1.29, 1.82) is 0 Å². The predicted octanol–water partition coefficient (Wildman–Crippen LogP) is 1.96. The minimum absolute atomic E-state index is 0.0835. The van der Waals surface area contributed by atoms with E-state index in [-0.39, 0.29) is 24.7 Å². The number of nitrogens with zero attached hydrogens (tertiary/aromatic N) is 1. The van der Waals surface area contributed by atoms with Gasteiger partial charge in [0.25, 0.3) is 17.5 Å². The number of hydrazine groups is 1. The van der Waals surface area contributed by atoms with Crippen LogP contribution in [0.1, 0.15) is 0 Å². The third kappa shape index (κ3) is 6.40. The number of nitro groups is 1. The summed E-state index contributed by atoms with van der Waals surface area (Å²) < 4.78 is 11.3. The van der Waals surface area contributed by atoms with Gasteiger partial charge in [-0.3, -0.25) is 30.6 Å². The number of nitrogens with one attached hydrogen (secondary N) is 2. The third-order valence-corrected chi connectivity index (χ3v) is 3.47. The normalized spacial score (nSPS) is 9.88. The Balaban J connectivity index is 1.66. The Kier molecular flexibility index (Phi) is 6.92. The van der Waals surface area contributed by atoms with E-state index in [1.165, 1.54) is 24.3 Å². The van der Waals surface area contributed by atoms with Gasteiger partial charge in [-0.2, -0.15) is 0 Å². The molecule has 0 heterocycles. The Bertz CT molecular complexity index is 780. The summed E-state index contributed by atoms with van der Waals surface area (Å²) in [4.78, 5) is 33.2. The van der Waals surface area contributed by atoms with Gasteiger partial charge in [-0.25, -0.2) is 0 Å². The van der Waals surface area contributed by atoms with E-state index in [0.29, 0.717) is 5.75 Å². The first-order chi connectivity index (χ1) is 12.4. The summed E-state index contributed by atoms with van der Waals surface area (Å²) in [6, 6.07) is 12.2. The predicted molar refractivity (Wildman–Crippen MR) is 94.5 cm³/mol. The second-order valence-electron chi connectivity index (χ2n) is 4.88. The number of carbonyl (C=O) groups excluding carboxylic acids is 2. The standard InChI is InChI=1S/C16H14BrN3O6/c17-11-1-5-13(6-2-11)25-9-15(21)18-19-16(22)10-26-14-7-3-12(4-8-14)20(23)24/h1-8H,9-10H2,(H,18,21)(H,19,22). The van der Waals surface area contributed by atoms with Crippen LogP contribution in [0.3, 0.4) is 0 Å². The summed E-state index contributed by atoms with van der Waals surface area (Å²) in [5, 5.41) is 10.5. The Morgan fingerprint density at radius 1 is 0.885 bits per heavy atom. The van der Waals surface area contributed by atoms with Crippen molar-refractivity contribution in [3.8, 4) is 11.5 Å². The molecule has 0 saturated heterocycles. The number of ether oxygens (including phenoxy) is 2. The molecule has 0 saturated carbocycles. The van der Waals surface area contributed by atoms with Gasteiger partial charge in [0, 0.05) is 16.6 Å². The lowest BCUT2D eigenvalue weighted by Gasteiger charge is -2.09. The SMILES string of the molecule is O=C(COc1ccc(Br)cc1)NNC(=O)COc1ccc([N+](=O)[O-])cc1. The molecule has 0 aliphatic carbocycles. The molecule has 0 aliphatic heterocycles. The molecular weight excluding hydrogens is 410 g/mol. The van der Waals surface area contributed by atoms with Crippen molar-refractivity contribution >= 4 is 33.4 Å². The molecule has 9 nitrogen and oxygen atoms in total. The topological polar surface area (TPSA) is 120 Å². The Hall–Kier alpha value is -3.14. The van der Waals surface area contributed by atoms with Gasteiger partial charge < -0.3 is 9.47 Å². The molecule has 0 unspecified atom stereocenters. The fourth-order valence-electron chi connectivity index (χ4n) is 1.70. The zero-order valence-electron chi connectivity index (χ0n) is 13.3. The number of hydrogen-bond donors (Lipinski definition) is 2. The minimum atomic E-state index is -0.597. The van der Waals surface area contributed by atoms with E-state index in [1.807, 2.05) is 0 Å². The van der Waals surface area contributed by atoms with Crippen LogP contribution in [0.4, 0.5) is 5.69 Å². The van der Waals surface area contributed by atoms with Gasteiger partial charge >= 0.3 is 0 Å². The highest BCUT2D eigenvalue weighted by atomic mass is 79.9. The number of nitro benzene ring substituents is 1. The summed E-state index contributed by atoms with van der Waals surface area (Å²) in [7, 11) is 0. The molecule has 0 aromatic heterocycles. The molecule has 0 fully saturated rings. The van der Waals surface area contributed by atoms with E-state index < -0.39 is 16.7 Å². The first-order valence-electron chi connectivity index (χ1n) is 7.27. The highest BCUT2D eigenvalue weighted by Gasteiger charge is 2.08. The van der Waals surface area contributed by atoms with Crippen molar-refractivity contribution in [2.24, 2.45) is 0 Å². The fourth-order valence-corrected chi connectivity index (χ4v) is 1.97. The summed E-state index contributed by atoms with van der Waals surface area (Å²) in [6.45, 7) is -0.642. The molecule has 0 bridgehead atoms. The van der Waals surface area contributed by atoms with Crippen molar-refractivity contribution in [2.75, 3.05) is 13.2 Å². The van der Waals surface area contributed by atoms with E-state index in [4.69, 9.17) is 9.47 Å². The molecule has 2 rings (SSSR count). The molecule has 0 spiro atoms. The van der Waals surface area contributed by atoms with Gasteiger partial charge in [0.2, 0.25) is 0 Å². The molecule has 2 amide bonds. The quantitative estimate of drug-likeness (QED) is 0.518. The second-order valence-corrected chi connectivity index (χ2v) is 5.79. The van der Waals surface area contributed by atoms with Crippen LogP contribution >= 0.6 is 15.9 Å². The molecule has 0 atom stereocenters. The number of benzene rings is 2. The van der Waals surface area contributed by atoms with Crippen molar-refractivity contribution in [2.45, 2.75) is 0 Å². The molecule has 0 radical (unpaired) electrons. The van der Waals surface area contributed by atoms with Gasteiger partial charge in [-0.15, -0.1) is 0 Å². The first-order valence-corrected chi connectivity index (χ1v) is 8.06. The van der Waals surface area contributed by atoms with Crippen LogP contribution in [0.15, 0.2) is 53.0 Å². The van der Waals surface area contributed by atoms with Crippen molar-refractivity contribution in [1.82, 2.24) is 10.9 Å². The highest BCUT2D eigenvalue weighted by Crippen LogP contribution is 2.17. The molecule has 10 heteroatoms. The number of non-ortho nitro benzene ring substituents is 1. The van der Waals surface area contributed by atoms with Crippen LogP contribution in [0.5, 0.6) is 11.5 Å². The van der Waals surface area contributed by atoms with Gasteiger partial charge in [-0.1, -0.05) is 15.9 Å². The maximum atomic E-state index is 11.6. The lowest BCUT2D eigenvalue weighted by Crippen LogP contribution is -2.45. The summed E-state index contributed by atoms with van der Waals surface area (Å²) in [5.74, 6) is -0.344. The van der Waals surface area contributed by atoms with Crippen molar-refractivity contribution in [3.63, 3.8) is 0 Å². The number of carbonyl (C=O) groups is 2. The lowest BCUT2D eigenvalue weighted by atomic mass is 10.3. The maximum absolute atomic E-state index is 11.6. The van der Waals surface area contributed by atoms with E-state index >= 15 is 0 Å². The summed E-state index contributed by atoms with van der Waals surface area (Å²) in [5.41, 5.74) is 4.27. The number of amides is 2. The molecule has 2 aromatic rings. The van der Waals surface area contributed by atoms with Crippen LogP contribution in [0.2, 0.25) is 0 Å².